The van der Waals surface area contributed by atoms with Crippen molar-refractivity contribution in [2.75, 3.05) is 10.6 Å². The van der Waals surface area contributed by atoms with Gasteiger partial charge in [-0.15, -0.1) is 0 Å². The third-order valence-corrected chi connectivity index (χ3v) is 5.48. The zero-order valence-corrected chi connectivity index (χ0v) is 19.6. The maximum absolute atomic E-state index is 13.5. The van der Waals surface area contributed by atoms with Crippen LogP contribution in [0, 0.1) is 11.6 Å². The van der Waals surface area contributed by atoms with Gasteiger partial charge >= 0.3 is 0 Å². The first-order valence-corrected chi connectivity index (χ1v) is 11.5. The molecule has 2 aromatic carbocycles. The van der Waals surface area contributed by atoms with Crippen LogP contribution >= 0.6 is 0 Å². The molecule has 9 nitrogen and oxygen atoms in total. The molecule has 0 unspecified atom stereocenters. The number of halogens is 2. The Morgan fingerprint density at radius 2 is 1.61 bits per heavy atom. The Morgan fingerprint density at radius 1 is 0.763 bits per heavy atom. The van der Waals surface area contributed by atoms with Gasteiger partial charge in [-0.1, -0.05) is 0 Å². The molecular formula is C27H18F2N8O. The number of aromatic nitrogens is 6. The van der Waals surface area contributed by atoms with E-state index in [0.717, 1.165) is 17.8 Å². The van der Waals surface area contributed by atoms with Gasteiger partial charge in [-0.2, -0.15) is 0 Å². The van der Waals surface area contributed by atoms with Crippen LogP contribution in [0.5, 0.6) is 11.6 Å². The summed E-state index contributed by atoms with van der Waals surface area (Å²) in [6, 6.07) is 18.3. The first kappa shape index (κ1) is 23.0. The average molecular weight is 508 g/mol. The lowest BCUT2D eigenvalue weighted by molar-refractivity contribution is 0.465. The van der Waals surface area contributed by atoms with Crippen molar-refractivity contribution in [1.29, 1.82) is 0 Å². The minimum absolute atomic E-state index is 0.317. The summed E-state index contributed by atoms with van der Waals surface area (Å²) in [6.07, 6.45) is 6.66. The van der Waals surface area contributed by atoms with Crippen LogP contribution < -0.4 is 15.4 Å². The third-order valence-electron chi connectivity index (χ3n) is 5.48. The number of pyridine rings is 2. The predicted molar refractivity (Wildman–Crippen MR) is 139 cm³/mol. The molecule has 0 atom stereocenters. The number of rotatable bonds is 7. The van der Waals surface area contributed by atoms with Gasteiger partial charge in [0.15, 0.2) is 11.6 Å². The Morgan fingerprint density at radius 3 is 2.45 bits per heavy atom. The van der Waals surface area contributed by atoms with Gasteiger partial charge in [0, 0.05) is 36.4 Å². The second kappa shape index (κ2) is 9.90. The van der Waals surface area contributed by atoms with Crippen LogP contribution in [0.2, 0.25) is 0 Å². The number of imidazole rings is 1. The topological polar surface area (TPSA) is 114 Å². The Bertz CT molecular complexity index is 1690. The van der Waals surface area contributed by atoms with Crippen LogP contribution in [0.25, 0.3) is 22.3 Å². The zero-order valence-electron chi connectivity index (χ0n) is 19.6. The number of hydrogen-bond acceptors (Lipinski definition) is 8. The Balaban J connectivity index is 1.19. The van der Waals surface area contributed by atoms with Crippen LogP contribution in [0.15, 0.2) is 91.5 Å². The first-order chi connectivity index (χ1) is 18.6. The highest BCUT2D eigenvalue weighted by molar-refractivity contribution is 5.78. The summed E-state index contributed by atoms with van der Waals surface area (Å²) in [5.41, 5.74) is 3.48. The van der Waals surface area contributed by atoms with E-state index in [4.69, 9.17) is 4.74 Å². The lowest BCUT2D eigenvalue weighted by Crippen LogP contribution is -1.99. The molecule has 0 fully saturated rings. The Kier molecular flexibility index (Phi) is 5.98. The molecule has 6 aromatic rings. The molecule has 0 aliphatic carbocycles. The summed E-state index contributed by atoms with van der Waals surface area (Å²) in [6.45, 7) is 0. The zero-order chi connectivity index (χ0) is 25.9. The number of ether oxygens (including phenoxy) is 1. The standard InChI is InChI=1S/C27H18F2N8O/c28-20-13-23-24(14-21(20)29)37-27(36-23)33-16-5-7-18(8-6-16)38-25-19(4-2-11-31-25)22-9-12-32-26(35-22)34-17-3-1-10-30-15-17/h1-15H,(H,32,34,35)(H2,33,36,37). The third kappa shape index (κ3) is 4.93. The van der Waals surface area contributed by atoms with Gasteiger partial charge in [0.1, 0.15) is 5.75 Å². The van der Waals surface area contributed by atoms with Gasteiger partial charge in [0.25, 0.3) is 0 Å². The SMILES string of the molecule is Fc1cc2nc(Nc3ccc(Oc4ncccc4-c4ccnc(Nc5cccnc5)n4)cc3)[nH]c2cc1F. The van der Waals surface area contributed by atoms with Gasteiger partial charge in [-0.05, 0) is 54.6 Å². The van der Waals surface area contributed by atoms with E-state index in [1.165, 1.54) is 0 Å². The maximum atomic E-state index is 13.5. The fraction of sp³-hybridized carbons (Fsp3) is 0. The number of nitrogens with zero attached hydrogens (tertiary/aromatic N) is 5. The molecule has 0 saturated carbocycles. The quantitative estimate of drug-likeness (QED) is 0.228. The number of aromatic amines is 1. The van der Waals surface area contributed by atoms with Crippen molar-refractivity contribution in [3.8, 4) is 22.9 Å². The van der Waals surface area contributed by atoms with Gasteiger partial charge in [0.2, 0.25) is 17.8 Å². The van der Waals surface area contributed by atoms with E-state index in [0.29, 0.717) is 51.5 Å². The molecule has 6 rings (SSSR count). The van der Waals surface area contributed by atoms with Crippen LogP contribution in [0.3, 0.4) is 0 Å². The summed E-state index contributed by atoms with van der Waals surface area (Å²) in [5, 5.41) is 6.20. The van der Waals surface area contributed by atoms with Crippen molar-refractivity contribution >= 4 is 34.3 Å². The molecule has 186 valence electrons. The molecule has 0 spiro atoms. The molecule has 38 heavy (non-hydrogen) atoms. The molecule has 3 N–H and O–H groups in total. The minimum atomic E-state index is -0.950. The summed E-state index contributed by atoms with van der Waals surface area (Å²) in [7, 11) is 0. The van der Waals surface area contributed by atoms with Crippen molar-refractivity contribution in [3.63, 3.8) is 0 Å². The summed E-state index contributed by atoms with van der Waals surface area (Å²) in [5.74, 6) is -0.200. The summed E-state index contributed by atoms with van der Waals surface area (Å²) >= 11 is 0. The van der Waals surface area contributed by atoms with Crippen LogP contribution in [-0.4, -0.2) is 29.9 Å². The number of fused-ring (bicyclic) bond motifs is 1. The number of hydrogen-bond donors (Lipinski definition) is 3. The highest BCUT2D eigenvalue weighted by Crippen LogP contribution is 2.31. The van der Waals surface area contributed by atoms with E-state index in [-0.39, 0.29) is 0 Å². The lowest BCUT2D eigenvalue weighted by atomic mass is 10.2. The van der Waals surface area contributed by atoms with E-state index in [9.17, 15) is 8.78 Å². The van der Waals surface area contributed by atoms with Crippen molar-refractivity contribution < 1.29 is 13.5 Å². The van der Waals surface area contributed by atoms with E-state index < -0.39 is 11.6 Å². The summed E-state index contributed by atoms with van der Waals surface area (Å²) < 4.78 is 33.0. The maximum Gasteiger partial charge on any atom is 0.228 e. The second-order valence-electron chi connectivity index (χ2n) is 8.11. The average Bonchev–Trinajstić information content (AvgIpc) is 3.32. The molecule has 11 heteroatoms. The van der Waals surface area contributed by atoms with Crippen molar-refractivity contribution in [1.82, 2.24) is 29.9 Å². The normalized spacial score (nSPS) is 10.9. The Labute approximate surface area is 214 Å². The fourth-order valence-corrected chi connectivity index (χ4v) is 3.72. The molecule has 4 aromatic heterocycles. The highest BCUT2D eigenvalue weighted by Gasteiger charge is 2.12. The molecule has 4 heterocycles. The van der Waals surface area contributed by atoms with Gasteiger partial charge in [-0.25, -0.2) is 28.7 Å². The van der Waals surface area contributed by atoms with Crippen molar-refractivity contribution in [2.45, 2.75) is 0 Å². The first-order valence-electron chi connectivity index (χ1n) is 11.5. The van der Waals surface area contributed by atoms with Crippen LogP contribution in [0.4, 0.5) is 32.1 Å². The fourth-order valence-electron chi connectivity index (χ4n) is 3.72. The Hall–Kier alpha value is -5.45. The highest BCUT2D eigenvalue weighted by atomic mass is 19.2. The molecule has 0 radical (unpaired) electrons. The monoisotopic (exact) mass is 508 g/mol. The molecular weight excluding hydrogens is 490 g/mol. The van der Waals surface area contributed by atoms with Gasteiger partial charge in [-0.3, -0.25) is 4.98 Å². The van der Waals surface area contributed by atoms with E-state index in [1.807, 2.05) is 18.2 Å². The number of anilines is 4. The number of H-pyrrole nitrogens is 1. The van der Waals surface area contributed by atoms with Crippen molar-refractivity contribution in [2.24, 2.45) is 0 Å². The molecule has 0 aliphatic heterocycles. The van der Waals surface area contributed by atoms with Gasteiger partial charge < -0.3 is 20.4 Å². The van der Waals surface area contributed by atoms with Crippen molar-refractivity contribution in [3.05, 3.63) is 103 Å². The van der Waals surface area contributed by atoms with Crippen LogP contribution in [0.1, 0.15) is 0 Å². The van der Waals surface area contributed by atoms with Crippen LogP contribution in [-0.2, 0) is 0 Å². The molecule has 0 bridgehead atoms. The molecule has 0 amide bonds. The second-order valence-corrected chi connectivity index (χ2v) is 8.11. The van der Waals surface area contributed by atoms with E-state index in [2.05, 4.69) is 40.5 Å². The number of nitrogens with one attached hydrogen (secondary N) is 3. The lowest BCUT2D eigenvalue weighted by Gasteiger charge is -2.11. The van der Waals surface area contributed by atoms with Gasteiger partial charge in [0.05, 0.1) is 34.2 Å². The molecule has 0 saturated heterocycles. The smallest absolute Gasteiger partial charge is 0.228 e. The summed E-state index contributed by atoms with van der Waals surface area (Å²) in [4.78, 5) is 24.5. The van der Waals surface area contributed by atoms with E-state index >= 15 is 0 Å². The minimum Gasteiger partial charge on any atom is -0.438 e. The molecule has 0 aliphatic rings. The van der Waals surface area contributed by atoms with E-state index in [1.54, 1.807) is 61.2 Å². The largest absolute Gasteiger partial charge is 0.438 e. The predicted octanol–water partition coefficient (Wildman–Crippen LogP) is 6.37. The number of benzene rings is 2.